The molecule has 0 aliphatic heterocycles. The number of rotatable bonds is 6. The van der Waals surface area contributed by atoms with Crippen LogP contribution in [0.2, 0.25) is 0 Å². The average Bonchev–Trinajstić information content (AvgIpc) is 2.42. The highest BCUT2D eigenvalue weighted by molar-refractivity contribution is 5.92. The molecule has 1 amide bonds. The number of carbonyl (C=O) groups excluding carboxylic acids is 1. The van der Waals surface area contributed by atoms with E-state index >= 15 is 0 Å². The fourth-order valence-corrected chi connectivity index (χ4v) is 2.75. The highest BCUT2D eigenvalue weighted by Gasteiger charge is 2.40. The van der Waals surface area contributed by atoms with Gasteiger partial charge in [-0.05, 0) is 40.3 Å². The lowest BCUT2D eigenvalue weighted by molar-refractivity contribution is 0.0250. The smallest absolute Gasteiger partial charge is 0.273 e. The molecule has 0 atom stereocenters. The van der Waals surface area contributed by atoms with E-state index in [0.29, 0.717) is 11.5 Å². The van der Waals surface area contributed by atoms with Crippen LogP contribution in [0, 0.1) is 0 Å². The number of aromatic nitrogens is 2. The van der Waals surface area contributed by atoms with Crippen molar-refractivity contribution in [3.05, 3.63) is 18.1 Å². The van der Waals surface area contributed by atoms with Gasteiger partial charge in [0.15, 0.2) is 0 Å². The Morgan fingerprint density at radius 3 is 2.43 bits per heavy atom. The van der Waals surface area contributed by atoms with Crippen LogP contribution in [0.15, 0.2) is 12.4 Å². The van der Waals surface area contributed by atoms with Gasteiger partial charge in [0.2, 0.25) is 0 Å². The Balaban J connectivity index is 2.01. The van der Waals surface area contributed by atoms with Crippen LogP contribution in [0.25, 0.3) is 0 Å². The van der Waals surface area contributed by atoms with Gasteiger partial charge in [-0.1, -0.05) is 0 Å². The molecule has 1 aromatic heterocycles. The van der Waals surface area contributed by atoms with Crippen LogP contribution >= 0.6 is 0 Å². The van der Waals surface area contributed by atoms with Crippen LogP contribution < -0.4 is 5.32 Å². The summed E-state index contributed by atoms with van der Waals surface area (Å²) in [6.07, 6.45) is 6.66. The van der Waals surface area contributed by atoms with Gasteiger partial charge < -0.3 is 15.1 Å². The Morgan fingerprint density at radius 1 is 1.29 bits per heavy atom. The van der Waals surface area contributed by atoms with Crippen molar-refractivity contribution in [3.63, 3.8) is 0 Å². The summed E-state index contributed by atoms with van der Waals surface area (Å²) < 4.78 is 0. The first kappa shape index (κ1) is 15.7. The van der Waals surface area contributed by atoms with Gasteiger partial charge in [0.1, 0.15) is 11.5 Å². The number of anilines is 1. The van der Waals surface area contributed by atoms with E-state index in [9.17, 15) is 4.79 Å². The molecule has 0 radical (unpaired) electrons. The average molecular weight is 291 g/mol. The number of likely N-dealkylation sites (N-methyl/N-ethyl adjacent to an activating group) is 2. The third-order valence-electron chi connectivity index (χ3n) is 4.34. The second kappa shape index (κ2) is 6.39. The topological polar surface area (TPSA) is 61.4 Å². The second-order valence-electron chi connectivity index (χ2n) is 5.95. The molecule has 0 saturated heterocycles. The first-order valence-electron chi connectivity index (χ1n) is 7.47. The summed E-state index contributed by atoms with van der Waals surface area (Å²) in [5.74, 6) is 0.624. The molecular formula is C15H25N5O. The van der Waals surface area contributed by atoms with Crippen LogP contribution in [-0.4, -0.2) is 65.4 Å². The number of nitrogens with one attached hydrogen (secondary N) is 1. The lowest BCUT2D eigenvalue weighted by Crippen LogP contribution is -2.57. The number of carbonyl (C=O) groups is 1. The maximum atomic E-state index is 12.4. The van der Waals surface area contributed by atoms with Crippen molar-refractivity contribution in [2.24, 2.45) is 0 Å². The maximum Gasteiger partial charge on any atom is 0.273 e. The van der Waals surface area contributed by atoms with Gasteiger partial charge in [0.05, 0.1) is 12.4 Å². The van der Waals surface area contributed by atoms with Crippen LogP contribution in [0.5, 0.6) is 0 Å². The SMILES string of the molecule is CCNc1cnc(C(=O)N(C)CC2(N(C)C)CCC2)cn1. The Morgan fingerprint density at radius 2 is 2.00 bits per heavy atom. The Kier molecular flexibility index (Phi) is 4.77. The molecule has 6 heteroatoms. The second-order valence-corrected chi connectivity index (χ2v) is 5.95. The molecular weight excluding hydrogens is 266 g/mol. The zero-order chi connectivity index (χ0) is 15.5. The molecule has 2 rings (SSSR count). The summed E-state index contributed by atoms with van der Waals surface area (Å²) in [6, 6.07) is 0. The lowest BCUT2D eigenvalue weighted by atomic mass is 9.75. The molecule has 1 N–H and O–H groups in total. The van der Waals surface area contributed by atoms with E-state index in [2.05, 4.69) is 34.3 Å². The van der Waals surface area contributed by atoms with Gasteiger partial charge in [0.25, 0.3) is 5.91 Å². The third kappa shape index (κ3) is 3.32. The Bertz CT molecular complexity index is 481. The number of amides is 1. The van der Waals surface area contributed by atoms with E-state index in [0.717, 1.165) is 25.9 Å². The predicted octanol–water partition coefficient (Wildman–Crippen LogP) is 1.46. The monoisotopic (exact) mass is 291 g/mol. The minimum atomic E-state index is -0.0707. The third-order valence-corrected chi connectivity index (χ3v) is 4.34. The van der Waals surface area contributed by atoms with Gasteiger partial charge in [-0.15, -0.1) is 0 Å². The fourth-order valence-electron chi connectivity index (χ4n) is 2.75. The summed E-state index contributed by atoms with van der Waals surface area (Å²) >= 11 is 0. The van der Waals surface area contributed by atoms with Crippen molar-refractivity contribution in [1.29, 1.82) is 0 Å². The van der Waals surface area contributed by atoms with Crippen LogP contribution in [0.1, 0.15) is 36.7 Å². The zero-order valence-corrected chi connectivity index (χ0v) is 13.4. The predicted molar refractivity (Wildman–Crippen MR) is 83.4 cm³/mol. The maximum absolute atomic E-state index is 12.4. The standard InChI is InChI=1S/C15H25N5O/c1-5-16-13-10-17-12(9-18-13)14(21)20(4)11-15(19(2)3)7-6-8-15/h9-10H,5-8,11H2,1-4H3,(H,16,18). The van der Waals surface area contributed by atoms with Crippen molar-refractivity contribution < 1.29 is 4.79 Å². The lowest BCUT2D eigenvalue weighted by Gasteiger charge is -2.49. The molecule has 1 heterocycles. The summed E-state index contributed by atoms with van der Waals surface area (Å²) in [5, 5.41) is 3.07. The van der Waals surface area contributed by atoms with E-state index in [1.165, 1.54) is 6.42 Å². The van der Waals surface area contributed by atoms with Gasteiger partial charge >= 0.3 is 0 Å². The largest absolute Gasteiger partial charge is 0.369 e. The molecule has 6 nitrogen and oxygen atoms in total. The molecule has 1 saturated carbocycles. The molecule has 1 fully saturated rings. The summed E-state index contributed by atoms with van der Waals surface area (Å²) in [7, 11) is 6.01. The first-order chi connectivity index (χ1) is 9.98. The van der Waals surface area contributed by atoms with Crippen LogP contribution in [0.3, 0.4) is 0 Å². The minimum Gasteiger partial charge on any atom is -0.369 e. The van der Waals surface area contributed by atoms with E-state index in [1.54, 1.807) is 17.3 Å². The van der Waals surface area contributed by atoms with Gasteiger partial charge in [-0.25, -0.2) is 9.97 Å². The molecule has 116 valence electrons. The normalized spacial score (nSPS) is 16.4. The summed E-state index contributed by atoms with van der Waals surface area (Å²) in [4.78, 5) is 24.8. The highest BCUT2D eigenvalue weighted by atomic mass is 16.2. The van der Waals surface area contributed by atoms with Crippen molar-refractivity contribution in [2.75, 3.05) is 39.5 Å². The van der Waals surface area contributed by atoms with E-state index < -0.39 is 0 Å². The molecule has 1 aliphatic carbocycles. The molecule has 1 aliphatic rings. The fraction of sp³-hybridized carbons (Fsp3) is 0.667. The Labute approximate surface area is 126 Å². The zero-order valence-electron chi connectivity index (χ0n) is 13.4. The Hall–Kier alpha value is -1.69. The van der Waals surface area contributed by atoms with E-state index in [-0.39, 0.29) is 11.4 Å². The highest BCUT2D eigenvalue weighted by Crippen LogP contribution is 2.36. The van der Waals surface area contributed by atoms with Gasteiger partial charge in [-0.3, -0.25) is 4.79 Å². The summed E-state index contributed by atoms with van der Waals surface area (Å²) in [5.41, 5.74) is 0.522. The van der Waals surface area contributed by atoms with Crippen molar-refractivity contribution in [2.45, 2.75) is 31.7 Å². The molecule has 0 bridgehead atoms. The van der Waals surface area contributed by atoms with E-state index in [1.807, 2.05) is 14.0 Å². The number of hydrogen-bond donors (Lipinski definition) is 1. The van der Waals surface area contributed by atoms with Crippen molar-refractivity contribution >= 4 is 11.7 Å². The molecule has 1 aromatic rings. The van der Waals surface area contributed by atoms with Gasteiger partial charge in [0, 0.05) is 25.7 Å². The molecule has 0 aromatic carbocycles. The number of nitrogens with zero attached hydrogens (tertiary/aromatic N) is 4. The summed E-state index contributed by atoms with van der Waals surface area (Å²) in [6.45, 7) is 3.51. The van der Waals surface area contributed by atoms with Crippen LogP contribution in [-0.2, 0) is 0 Å². The van der Waals surface area contributed by atoms with Crippen LogP contribution in [0.4, 0.5) is 5.82 Å². The quantitative estimate of drug-likeness (QED) is 0.860. The molecule has 0 spiro atoms. The molecule has 0 unspecified atom stereocenters. The van der Waals surface area contributed by atoms with E-state index in [4.69, 9.17) is 0 Å². The number of hydrogen-bond acceptors (Lipinski definition) is 5. The van der Waals surface area contributed by atoms with Crippen molar-refractivity contribution in [3.8, 4) is 0 Å². The first-order valence-corrected chi connectivity index (χ1v) is 7.47. The minimum absolute atomic E-state index is 0.0707. The van der Waals surface area contributed by atoms with Crippen molar-refractivity contribution in [1.82, 2.24) is 19.8 Å². The van der Waals surface area contributed by atoms with Gasteiger partial charge in [-0.2, -0.15) is 0 Å². The molecule has 21 heavy (non-hydrogen) atoms.